The van der Waals surface area contributed by atoms with Gasteiger partial charge in [0.05, 0.1) is 5.75 Å². The predicted molar refractivity (Wildman–Crippen MR) is 90.6 cm³/mol. The summed E-state index contributed by atoms with van der Waals surface area (Å²) >= 11 is 7.30. The number of hydrogen-bond acceptors (Lipinski definition) is 4. The van der Waals surface area contributed by atoms with Crippen molar-refractivity contribution in [1.29, 1.82) is 0 Å². The Balaban J connectivity index is 1.97. The molecule has 0 bridgehead atoms. The molecule has 2 rings (SSSR count). The number of rotatable bonds is 6. The zero-order chi connectivity index (χ0) is 16.1. The fourth-order valence-electron chi connectivity index (χ4n) is 2.09. The topological polar surface area (TPSA) is 59.8 Å². The number of halogens is 1. The smallest absolute Gasteiger partial charge is 0.234 e. The Bertz CT molecular complexity index is 672. The van der Waals surface area contributed by atoms with Gasteiger partial charge in [0.15, 0.2) is 5.16 Å². The molecule has 1 heterocycles. The van der Waals surface area contributed by atoms with E-state index >= 15 is 0 Å². The summed E-state index contributed by atoms with van der Waals surface area (Å²) in [5, 5.41) is 12.6. The van der Waals surface area contributed by atoms with E-state index in [9.17, 15) is 4.79 Å². The summed E-state index contributed by atoms with van der Waals surface area (Å²) in [4.78, 5) is 12.1. The Labute approximate surface area is 139 Å². The van der Waals surface area contributed by atoms with E-state index in [1.54, 1.807) is 6.07 Å². The molecule has 0 aliphatic carbocycles. The van der Waals surface area contributed by atoms with Gasteiger partial charge < -0.3 is 9.88 Å². The van der Waals surface area contributed by atoms with Gasteiger partial charge in [0.1, 0.15) is 5.82 Å². The second-order valence-corrected chi connectivity index (χ2v) is 6.17. The first-order chi connectivity index (χ1) is 10.5. The molecular formula is C15H19ClN4OS. The molecule has 0 saturated carbocycles. The van der Waals surface area contributed by atoms with E-state index in [-0.39, 0.29) is 5.91 Å². The molecule has 0 fully saturated rings. The lowest BCUT2D eigenvalue weighted by atomic mass is 10.2. The Kier molecular flexibility index (Phi) is 5.85. The third-order valence-corrected chi connectivity index (χ3v) is 4.42. The van der Waals surface area contributed by atoms with Crippen molar-refractivity contribution in [2.45, 2.75) is 38.9 Å². The lowest BCUT2D eigenvalue weighted by molar-refractivity contribution is -0.113. The van der Waals surface area contributed by atoms with Crippen LogP contribution in [0, 0.1) is 6.92 Å². The van der Waals surface area contributed by atoms with Gasteiger partial charge in [0.25, 0.3) is 0 Å². The molecule has 22 heavy (non-hydrogen) atoms. The SMILES string of the molecule is CCc1nnc(SCC(=O)Nc2ccc(Cl)cc2C)n1CC. The van der Waals surface area contributed by atoms with Crippen LogP contribution in [0.2, 0.25) is 5.02 Å². The van der Waals surface area contributed by atoms with Crippen molar-refractivity contribution >= 4 is 35.0 Å². The Morgan fingerprint density at radius 2 is 2.14 bits per heavy atom. The summed E-state index contributed by atoms with van der Waals surface area (Å²) in [7, 11) is 0. The standard InChI is InChI=1S/C15H19ClN4OS/c1-4-13-18-19-15(20(13)5-2)22-9-14(21)17-12-7-6-11(16)8-10(12)3/h6-8H,4-5,9H2,1-3H3,(H,17,21). The summed E-state index contributed by atoms with van der Waals surface area (Å²) in [6.07, 6.45) is 0.831. The van der Waals surface area contributed by atoms with Crippen LogP contribution in [0.5, 0.6) is 0 Å². The van der Waals surface area contributed by atoms with Crippen LogP contribution in [-0.4, -0.2) is 26.4 Å². The summed E-state index contributed by atoms with van der Waals surface area (Å²) in [6, 6.07) is 5.40. The maximum atomic E-state index is 12.1. The van der Waals surface area contributed by atoms with E-state index in [4.69, 9.17) is 11.6 Å². The fourth-order valence-corrected chi connectivity index (χ4v) is 3.14. The molecule has 1 amide bonds. The average molecular weight is 339 g/mol. The molecule has 0 spiro atoms. The van der Waals surface area contributed by atoms with Crippen LogP contribution >= 0.6 is 23.4 Å². The van der Waals surface area contributed by atoms with Crippen molar-refractivity contribution in [3.8, 4) is 0 Å². The molecule has 1 aromatic heterocycles. The molecule has 0 aliphatic rings. The number of amides is 1. The number of aryl methyl sites for hydroxylation is 2. The lowest BCUT2D eigenvalue weighted by Gasteiger charge is -2.09. The maximum absolute atomic E-state index is 12.1. The summed E-state index contributed by atoms with van der Waals surface area (Å²) in [5.41, 5.74) is 1.72. The molecule has 7 heteroatoms. The highest BCUT2D eigenvalue weighted by molar-refractivity contribution is 7.99. The van der Waals surface area contributed by atoms with Gasteiger partial charge in [-0.15, -0.1) is 10.2 Å². The molecule has 0 saturated heterocycles. The van der Waals surface area contributed by atoms with Crippen LogP contribution in [0.3, 0.4) is 0 Å². The van der Waals surface area contributed by atoms with Gasteiger partial charge in [-0.2, -0.15) is 0 Å². The monoisotopic (exact) mass is 338 g/mol. The average Bonchev–Trinajstić information content (AvgIpc) is 2.90. The number of nitrogens with one attached hydrogen (secondary N) is 1. The van der Waals surface area contributed by atoms with Gasteiger partial charge in [0, 0.05) is 23.7 Å². The van der Waals surface area contributed by atoms with Crippen LogP contribution in [0.4, 0.5) is 5.69 Å². The first-order valence-electron chi connectivity index (χ1n) is 7.16. The van der Waals surface area contributed by atoms with Gasteiger partial charge in [-0.3, -0.25) is 4.79 Å². The number of nitrogens with zero attached hydrogens (tertiary/aromatic N) is 3. The molecule has 1 N–H and O–H groups in total. The minimum Gasteiger partial charge on any atom is -0.325 e. The molecule has 1 aromatic carbocycles. The van der Waals surface area contributed by atoms with Gasteiger partial charge in [-0.05, 0) is 37.6 Å². The fraction of sp³-hybridized carbons (Fsp3) is 0.400. The molecule has 0 aliphatic heterocycles. The van der Waals surface area contributed by atoms with E-state index in [0.717, 1.165) is 35.2 Å². The largest absolute Gasteiger partial charge is 0.325 e. The van der Waals surface area contributed by atoms with E-state index in [1.165, 1.54) is 11.8 Å². The molecule has 0 radical (unpaired) electrons. The first kappa shape index (κ1) is 16.8. The lowest BCUT2D eigenvalue weighted by Crippen LogP contribution is -2.15. The van der Waals surface area contributed by atoms with Crippen LogP contribution < -0.4 is 5.32 Å². The number of thioether (sulfide) groups is 1. The number of anilines is 1. The van der Waals surface area contributed by atoms with Crippen molar-refractivity contribution < 1.29 is 4.79 Å². The molecule has 0 unspecified atom stereocenters. The third-order valence-electron chi connectivity index (χ3n) is 3.22. The van der Waals surface area contributed by atoms with Crippen molar-refractivity contribution in [3.63, 3.8) is 0 Å². The van der Waals surface area contributed by atoms with Crippen LogP contribution in [-0.2, 0) is 17.8 Å². The van der Waals surface area contributed by atoms with E-state index in [2.05, 4.69) is 15.5 Å². The van der Waals surface area contributed by atoms with Crippen LogP contribution in [0.25, 0.3) is 0 Å². The number of hydrogen-bond donors (Lipinski definition) is 1. The van der Waals surface area contributed by atoms with Gasteiger partial charge in [0.2, 0.25) is 5.91 Å². The second-order valence-electron chi connectivity index (χ2n) is 4.79. The summed E-state index contributed by atoms with van der Waals surface area (Å²) < 4.78 is 2.03. The molecule has 2 aromatic rings. The maximum Gasteiger partial charge on any atom is 0.234 e. The predicted octanol–water partition coefficient (Wildman–Crippen LogP) is 3.55. The molecular weight excluding hydrogens is 320 g/mol. The number of carbonyl (C=O) groups excluding carboxylic acids is 1. The van der Waals surface area contributed by atoms with Crippen molar-refractivity contribution in [2.75, 3.05) is 11.1 Å². The highest BCUT2D eigenvalue weighted by Crippen LogP contribution is 2.21. The van der Waals surface area contributed by atoms with E-state index in [0.29, 0.717) is 10.8 Å². The normalized spacial score (nSPS) is 10.7. The van der Waals surface area contributed by atoms with E-state index < -0.39 is 0 Å². The highest BCUT2D eigenvalue weighted by atomic mass is 35.5. The minimum atomic E-state index is -0.0703. The van der Waals surface area contributed by atoms with Crippen molar-refractivity contribution in [1.82, 2.24) is 14.8 Å². The Morgan fingerprint density at radius 1 is 1.36 bits per heavy atom. The van der Waals surface area contributed by atoms with Crippen molar-refractivity contribution in [3.05, 3.63) is 34.6 Å². The number of benzene rings is 1. The second kappa shape index (κ2) is 7.65. The van der Waals surface area contributed by atoms with Crippen molar-refractivity contribution in [2.24, 2.45) is 0 Å². The van der Waals surface area contributed by atoms with Crippen LogP contribution in [0.15, 0.2) is 23.4 Å². The minimum absolute atomic E-state index is 0.0703. The Morgan fingerprint density at radius 3 is 2.77 bits per heavy atom. The zero-order valence-corrected chi connectivity index (χ0v) is 14.5. The van der Waals surface area contributed by atoms with Gasteiger partial charge in [-0.25, -0.2) is 0 Å². The van der Waals surface area contributed by atoms with E-state index in [1.807, 2.05) is 37.5 Å². The molecule has 118 valence electrons. The van der Waals surface area contributed by atoms with Crippen LogP contribution in [0.1, 0.15) is 25.2 Å². The summed E-state index contributed by atoms with van der Waals surface area (Å²) in [6.45, 7) is 6.80. The molecule has 0 atom stereocenters. The highest BCUT2D eigenvalue weighted by Gasteiger charge is 2.12. The summed E-state index contributed by atoms with van der Waals surface area (Å²) in [5.74, 6) is 1.17. The molecule has 5 nitrogen and oxygen atoms in total. The number of carbonyl (C=O) groups is 1. The zero-order valence-electron chi connectivity index (χ0n) is 12.9. The first-order valence-corrected chi connectivity index (χ1v) is 8.52. The van der Waals surface area contributed by atoms with Gasteiger partial charge in [-0.1, -0.05) is 30.3 Å². The number of aromatic nitrogens is 3. The third kappa shape index (κ3) is 4.01. The Hall–Kier alpha value is -1.53. The van der Waals surface area contributed by atoms with Gasteiger partial charge >= 0.3 is 0 Å². The quantitative estimate of drug-likeness (QED) is 0.818.